The fourth-order valence-corrected chi connectivity index (χ4v) is 3.68. The molecule has 0 spiro atoms. The zero-order valence-corrected chi connectivity index (χ0v) is 16.1. The molecule has 2 aromatic rings. The number of rotatable bonds is 8. The molecule has 5 nitrogen and oxygen atoms in total. The van der Waals surface area contributed by atoms with Crippen molar-refractivity contribution < 1.29 is 36.2 Å². The maximum absolute atomic E-state index is 13.6. The lowest BCUT2D eigenvalue weighted by Gasteiger charge is -2.28. The molecule has 162 valence electrons. The van der Waals surface area contributed by atoms with Crippen LogP contribution in [0.3, 0.4) is 0 Å². The molecule has 1 heterocycles. The van der Waals surface area contributed by atoms with Crippen molar-refractivity contribution in [1.82, 2.24) is 15.2 Å². The maximum atomic E-state index is 13.6. The minimum Gasteiger partial charge on any atom is -0.374 e. The Bertz CT molecular complexity index is 805. The summed E-state index contributed by atoms with van der Waals surface area (Å²) in [4.78, 5) is 16.8. The molecular formula is C17H19F6N3O2S. The number of hydrogen-bond donors (Lipinski definition) is 2. The van der Waals surface area contributed by atoms with Crippen LogP contribution in [0.2, 0.25) is 0 Å². The predicted octanol–water partition coefficient (Wildman–Crippen LogP) is 3.44. The van der Waals surface area contributed by atoms with Crippen LogP contribution in [-0.4, -0.2) is 59.9 Å². The Kier molecular flexibility index (Phi) is 7.12. The zero-order valence-electron chi connectivity index (χ0n) is 15.3. The summed E-state index contributed by atoms with van der Waals surface area (Å²) in [5.74, 6) is -1.08. The van der Waals surface area contributed by atoms with Gasteiger partial charge in [-0.2, -0.15) is 26.3 Å². The molecule has 1 atom stereocenters. The zero-order chi connectivity index (χ0) is 21.9. The first-order valence-electron chi connectivity index (χ1n) is 8.49. The van der Waals surface area contributed by atoms with E-state index in [1.165, 1.54) is 13.1 Å². The summed E-state index contributed by atoms with van der Waals surface area (Å²) in [6.45, 7) is -1.28. The molecule has 0 aliphatic carbocycles. The lowest BCUT2D eigenvalue weighted by atomic mass is 9.99. The molecule has 0 bridgehead atoms. The van der Waals surface area contributed by atoms with E-state index in [-0.39, 0.29) is 25.0 Å². The molecule has 1 aromatic carbocycles. The van der Waals surface area contributed by atoms with Crippen LogP contribution < -0.4 is 5.32 Å². The number of amides is 1. The second-order valence-electron chi connectivity index (χ2n) is 6.58. The van der Waals surface area contributed by atoms with Crippen LogP contribution >= 0.6 is 11.3 Å². The van der Waals surface area contributed by atoms with Crippen LogP contribution in [0.15, 0.2) is 24.3 Å². The number of nitrogens with zero attached hydrogens (tertiary/aromatic N) is 2. The lowest BCUT2D eigenvalue weighted by molar-refractivity contribution is -0.267. The van der Waals surface area contributed by atoms with E-state index in [0.29, 0.717) is 16.0 Å². The van der Waals surface area contributed by atoms with Crippen molar-refractivity contribution in [3.63, 3.8) is 0 Å². The summed E-state index contributed by atoms with van der Waals surface area (Å²) in [5.41, 5.74) is -3.20. The number of nitrogens with one attached hydrogen (secondary N) is 1. The van der Waals surface area contributed by atoms with Crippen molar-refractivity contribution in [3.05, 3.63) is 29.3 Å². The molecule has 29 heavy (non-hydrogen) atoms. The molecule has 1 amide bonds. The molecule has 2 rings (SSSR count). The van der Waals surface area contributed by atoms with Gasteiger partial charge in [0.15, 0.2) is 0 Å². The largest absolute Gasteiger partial charge is 0.424 e. The van der Waals surface area contributed by atoms with E-state index in [2.05, 4.69) is 10.3 Å². The summed E-state index contributed by atoms with van der Waals surface area (Å²) in [7, 11) is 1.24. The standard InChI is InChI=1S/C17H19F6N3O2S/c1-26(10-16(18,19)20)8-4-7-24-13(27)9-15(28,17(21,22)23)14-25-11-5-2-3-6-12(11)29-14/h2-3,5-6,28H,4,7-10H2,1H3,(H,24,27). The summed E-state index contributed by atoms with van der Waals surface area (Å²) in [6.07, 6.45) is -10.7. The third kappa shape index (κ3) is 6.28. The van der Waals surface area contributed by atoms with E-state index in [1.54, 1.807) is 18.2 Å². The van der Waals surface area contributed by atoms with Gasteiger partial charge in [-0.3, -0.25) is 9.69 Å². The second-order valence-corrected chi connectivity index (χ2v) is 7.61. The Morgan fingerprint density at radius 3 is 2.45 bits per heavy atom. The quantitative estimate of drug-likeness (QED) is 0.485. The smallest absolute Gasteiger partial charge is 0.374 e. The number of halogens is 6. The number of aliphatic hydroxyl groups is 1. The molecule has 1 unspecified atom stereocenters. The highest BCUT2D eigenvalue weighted by molar-refractivity contribution is 7.18. The summed E-state index contributed by atoms with van der Waals surface area (Å²) in [5, 5.41) is 11.8. The van der Waals surface area contributed by atoms with Gasteiger partial charge in [0.05, 0.1) is 23.2 Å². The van der Waals surface area contributed by atoms with E-state index in [1.807, 2.05) is 0 Å². The average Bonchev–Trinajstić information content (AvgIpc) is 3.00. The first kappa shape index (κ1) is 23.4. The number of carbonyl (C=O) groups excluding carboxylic acids is 1. The highest BCUT2D eigenvalue weighted by Crippen LogP contribution is 2.44. The van der Waals surface area contributed by atoms with Gasteiger partial charge in [0.2, 0.25) is 11.5 Å². The molecule has 0 aliphatic heterocycles. The first-order chi connectivity index (χ1) is 13.3. The van der Waals surface area contributed by atoms with Crippen LogP contribution in [0.1, 0.15) is 17.8 Å². The minimum atomic E-state index is -5.15. The number of thiazole rings is 1. The summed E-state index contributed by atoms with van der Waals surface area (Å²) in [6, 6.07) is 6.23. The molecule has 0 aliphatic rings. The number of alkyl halides is 6. The number of benzene rings is 1. The van der Waals surface area contributed by atoms with E-state index in [0.717, 1.165) is 4.90 Å². The molecule has 12 heteroatoms. The Labute approximate surface area is 166 Å². The van der Waals surface area contributed by atoms with E-state index < -0.39 is 41.8 Å². The Balaban J connectivity index is 1.99. The van der Waals surface area contributed by atoms with Crippen LogP contribution in [-0.2, 0) is 10.4 Å². The van der Waals surface area contributed by atoms with Gasteiger partial charge in [0.25, 0.3) is 0 Å². The SMILES string of the molecule is CN(CCCNC(=O)CC(O)(c1nc2ccccc2s1)C(F)(F)F)CC(F)(F)F. The molecule has 1 aromatic heterocycles. The highest BCUT2D eigenvalue weighted by Gasteiger charge is 2.58. The Hall–Kier alpha value is -1.92. The fraction of sp³-hybridized carbons (Fsp3) is 0.529. The van der Waals surface area contributed by atoms with Gasteiger partial charge in [-0.1, -0.05) is 12.1 Å². The van der Waals surface area contributed by atoms with E-state index >= 15 is 0 Å². The van der Waals surface area contributed by atoms with Gasteiger partial charge in [-0.05, 0) is 32.1 Å². The van der Waals surface area contributed by atoms with Crippen LogP contribution in [0.25, 0.3) is 10.2 Å². The third-order valence-electron chi connectivity index (χ3n) is 4.02. The summed E-state index contributed by atoms with van der Waals surface area (Å²) >= 11 is 0.636. The van der Waals surface area contributed by atoms with Crippen LogP contribution in [0.4, 0.5) is 26.3 Å². The monoisotopic (exact) mass is 443 g/mol. The Morgan fingerprint density at radius 1 is 1.21 bits per heavy atom. The molecular weight excluding hydrogens is 424 g/mol. The van der Waals surface area contributed by atoms with Crippen molar-refractivity contribution >= 4 is 27.5 Å². The van der Waals surface area contributed by atoms with Crippen molar-refractivity contribution in [2.24, 2.45) is 0 Å². The number of hydrogen-bond acceptors (Lipinski definition) is 5. The first-order valence-corrected chi connectivity index (χ1v) is 9.30. The predicted molar refractivity (Wildman–Crippen MR) is 95.4 cm³/mol. The Morgan fingerprint density at radius 2 is 1.86 bits per heavy atom. The number of aromatic nitrogens is 1. The number of para-hydroxylation sites is 1. The van der Waals surface area contributed by atoms with Gasteiger partial charge in [-0.25, -0.2) is 4.98 Å². The van der Waals surface area contributed by atoms with Crippen molar-refractivity contribution in [2.45, 2.75) is 30.8 Å². The van der Waals surface area contributed by atoms with Crippen molar-refractivity contribution in [3.8, 4) is 0 Å². The molecule has 0 radical (unpaired) electrons. The molecule has 2 N–H and O–H groups in total. The molecule has 0 saturated heterocycles. The third-order valence-corrected chi connectivity index (χ3v) is 5.21. The van der Waals surface area contributed by atoms with E-state index in [9.17, 15) is 36.2 Å². The summed E-state index contributed by atoms with van der Waals surface area (Å²) < 4.78 is 77.8. The number of carbonyl (C=O) groups is 1. The van der Waals surface area contributed by atoms with Gasteiger partial charge in [0, 0.05) is 6.54 Å². The second kappa shape index (κ2) is 8.84. The van der Waals surface area contributed by atoms with Crippen molar-refractivity contribution in [1.29, 1.82) is 0 Å². The fourth-order valence-electron chi connectivity index (χ4n) is 2.60. The van der Waals surface area contributed by atoms with Gasteiger partial charge in [-0.15, -0.1) is 11.3 Å². The topological polar surface area (TPSA) is 65.5 Å². The van der Waals surface area contributed by atoms with Crippen molar-refractivity contribution in [2.75, 3.05) is 26.7 Å². The maximum Gasteiger partial charge on any atom is 0.424 e. The molecule has 0 fully saturated rings. The lowest BCUT2D eigenvalue weighted by Crippen LogP contribution is -2.46. The normalized spacial score (nSPS) is 14.9. The average molecular weight is 443 g/mol. The molecule has 0 saturated carbocycles. The number of fused-ring (bicyclic) bond motifs is 1. The van der Waals surface area contributed by atoms with Crippen LogP contribution in [0, 0.1) is 0 Å². The van der Waals surface area contributed by atoms with Gasteiger partial charge in [0.1, 0.15) is 5.01 Å². The highest BCUT2D eigenvalue weighted by atomic mass is 32.1. The minimum absolute atomic E-state index is 0.0127. The van der Waals surface area contributed by atoms with Gasteiger partial charge < -0.3 is 10.4 Å². The van der Waals surface area contributed by atoms with E-state index in [4.69, 9.17) is 0 Å². The van der Waals surface area contributed by atoms with Gasteiger partial charge >= 0.3 is 12.4 Å². The van der Waals surface area contributed by atoms with Crippen LogP contribution in [0.5, 0.6) is 0 Å².